The van der Waals surface area contributed by atoms with Gasteiger partial charge in [-0.3, -0.25) is 0 Å². The molecule has 0 radical (unpaired) electrons. The molecule has 1 N–H and O–H groups in total. The highest BCUT2D eigenvalue weighted by Gasteiger charge is 2.40. The Balaban J connectivity index is 1.72. The first-order chi connectivity index (χ1) is 9.13. The summed E-state index contributed by atoms with van der Waals surface area (Å²) in [5.74, 6) is 1.40. The lowest BCUT2D eigenvalue weighted by Crippen LogP contribution is -2.39. The summed E-state index contributed by atoms with van der Waals surface area (Å²) in [5.41, 5.74) is 0.249. The number of ether oxygens (including phenoxy) is 1. The van der Waals surface area contributed by atoms with Gasteiger partial charge in [-0.2, -0.15) is 0 Å². The first kappa shape index (κ1) is 15.6. The van der Waals surface area contributed by atoms with E-state index in [2.05, 4.69) is 19.2 Å². The Hall–Kier alpha value is 0.210. The van der Waals surface area contributed by atoms with E-state index in [-0.39, 0.29) is 5.60 Å². The van der Waals surface area contributed by atoms with Crippen LogP contribution < -0.4 is 5.32 Å². The van der Waals surface area contributed by atoms with Crippen molar-refractivity contribution in [1.82, 2.24) is 5.32 Å². The predicted molar refractivity (Wildman–Crippen MR) is 81.9 cm³/mol. The summed E-state index contributed by atoms with van der Waals surface area (Å²) >= 11 is 6.04. The Morgan fingerprint density at radius 3 is 2.58 bits per heavy atom. The van der Waals surface area contributed by atoms with Gasteiger partial charge in [-0.25, -0.2) is 0 Å². The molecule has 3 heteroatoms. The molecule has 2 fully saturated rings. The fourth-order valence-electron chi connectivity index (χ4n) is 3.67. The summed E-state index contributed by atoms with van der Waals surface area (Å²) in [7, 11) is 0. The van der Waals surface area contributed by atoms with Crippen molar-refractivity contribution in [1.29, 1.82) is 0 Å². The Morgan fingerprint density at radius 2 is 1.95 bits per heavy atom. The summed E-state index contributed by atoms with van der Waals surface area (Å²) in [6, 6.07) is 0.438. The standard InChI is InChI=1S/C16H30ClNO/c1-13(2)10-14(11-17)18-12-15-6-9-16(19-15)7-4-3-5-8-16/h13-15,18H,3-12H2,1-2H3. The molecule has 1 spiro atoms. The summed E-state index contributed by atoms with van der Waals surface area (Å²) in [6.07, 6.45) is 10.8. The van der Waals surface area contributed by atoms with Crippen LogP contribution in [0.1, 0.15) is 65.2 Å². The largest absolute Gasteiger partial charge is 0.370 e. The molecule has 1 saturated heterocycles. The number of alkyl halides is 1. The van der Waals surface area contributed by atoms with E-state index < -0.39 is 0 Å². The number of rotatable bonds is 6. The fraction of sp³-hybridized carbons (Fsp3) is 1.00. The van der Waals surface area contributed by atoms with Crippen LogP contribution in [0.4, 0.5) is 0 Å². The molecule has 0 aromatic rings. The predicted octanol–water partition coefficient (Wildman–Crippen LogP) is 4.11. The summed E-state index contributed by atoms with van der Waals surface area (Å²) in [4.78, 5) is 0. The van der Waals surface area contributed by atoms with Gasteiger partial charge in [0, 0.05) is 18.5 Å². The SMILES string of the molecule is CC(C)CC(CCl)NCC1CCC2(CCCCC2)O1. The maximum absolute atomic E-state index is 6.38. The summed E-state index contributed by atoms with van der Waals surface area (Å²) < 4.78 is 6.38. The normalized spacial score (nSPS) is 28.1. The van der Waals surface area contributed by atoms with Crippen LogP contribution in [0, 0.1) is 5.92 Å². The average Bonchev–Trinajstić information content (AvgIpc) is 2.78. The van der Waals surface area contributed by atoms with Crippen LogP contribution in [-0.4, -0.2) is 30.2 Å². The molecule has 0 amide bonds. The van der Waals surface area contributed by atoms with Crippen LogP contribution in [-0.2, 0) is 4.74 Å². The van der Waals surface area contributed by atoms with Gasteiger partial charge in [-0.15, -0.1) is 11.6 Å². The maximum Gasteiger partial charge on any atom is 0.0708 e. The van der Waals surface area contributed by atoms with Crippen molar-refractivity contribution in [2.24, 2.45) is 5.92 Å². The van der Waals surface area contributed by atoms with Gasteiger partial charge in [0.15, 0.2) is 0 Å². The van der Waals surface area contributed by atoms with E-state index >= 15 is 0 Å². The molecule has 1 aliphatic carbocycles. The minimum absolute atomic E-state index is 0.249. The molecule has 0 aromatic heterocycles. The third-order valence-corrected chi connectivity index (χ3v) is 5.05. The van der Waals surface area contributed by atoms with Crippen molar-refractivity contribution in [2.75, 3.05) is 12.4 Å². The molecular weight excluding hydrogens is 258 g/mol. The van der Waals surface area contributed by atoms with Gasteiger partial charge >= 0.3 is 0 Å². The quantitative estimate of drug-likeness (QED) is 0.742. The van der Waals surface area contributed by atoms with E-state index in [4.69, 9.17) is 16.3 Å². The van der Waals surface area contributed by atoms with Crippen molar-refractivity contribution in [3.8, 4) is 0 Å². The zero-order chi connectivity index (χ0) is 13.7. The zero-order valence-corrected chi connectivity index (χ0v) is 13.3. The van der Waals surface area contributed by atoms with E-state index in [1.165, 1.54) is 44.9 Å². The van der Waals surface area contributed by atoms with Gasteiger partial charge in [0.1, 0.15) is 0 Å². The third-order valence-electron chi connectivity index (χ3n) is 4.68. The lowest BCUT2D eigenvalue weighted by atomic mass is 9.83. The van der Waals surface area contributed by atoms with Gasteiger partial charge in [0.05, 0.1) is 11.7 Å². The molecule has 19 heavy (non-hydrogen) atoms. The second-order valence-corrected chi connectivity index (χ2v) is 7.22. The molecular formula is C16H30ClNO. The minimum atomic E-state index is 0.249. The maximum atomic E-state index is 6.38. The molecule has 112 valence electrons. The lowest BCUT2D eigenvalue weighted by molar-refractivity contribution is -0.0629. The van der Waals surface area contributed by atoms with Crippen LogP contribution in [0.5, 0.6) is 0 Å². The van der Waals surface area contributed by atoms with Crippen molar-refractivity contribution < 1.29 is 4.74 Å². The first-order valence-electron chi connectivity index (χ1n) is 8.11. The fourth-order valence-corrected chi connectivity index (χ4v) is 3.91. The highest BCUT2D eigenvalue weighted by molar-refractivity contribution is 6.18. The molecule has 1 aliphatic heterocycles. The molecule has 2 aliphatic rings. The van der Waals surface area contributed by atoms with Crippen molar-refractivity contribution >= 4 is 11.6 Å². The van der Waals surface area contributed by atoms with Gasteiger partial charge in [0.2, 0.25) is 0 Å². The topological polar surface area (TPSA) is 21.3 Å². The van der Waals surface area contributed by atoms with Crippen LogP contribution in [0.25, 0.3) is 0 Å². The van der Waals surface area contributed by atoms with Crippen LogP contribution in [0.15, 0.2) is 0 Å². The Bertz CT molecular complexity index is 263. The van der Waals surface area contributed by atoms with Gasteiger partial charge in [-0.05, 0) is 38.0 Å². The van der Waals surface area contributed by atoms with Gasteiger partial charge in [0.25, 0.3) is 0 Å². The Labute approximate surface area is 123 Å². The van der Waals surface area contributed by atoms with E-state index in [0.717, 1.165) is 13.0 Å². The molecule has 1 heterocycles. The molecule has 2 rings (SSSR count). The van der Waals surface area contributed by atoms with E-state index in [1.807, 2.05) is 0 Å². The highest BCUT2D eigenvalue weighted by Crippen LogP contribution is 2.41. The molecule has 2 unspecified atom stereocenters. The van der Waals surface area contributed by atoms with Crippen molar-refractivity contribution in [3.05, 3.63) is 0 Å². The lowest BCUT2D eigenvalue weighted by Gasteiger charge is -2.33. The van der Waals surface area contributed by atoms with Crippen LogP contribution in [0.2, 0.25) is 0 Å². The smallest absolute Gasteiger partial charge is 0.0708 e. The second kappa shape index (κ2) is 7.28. The van der Waals surface area contributed by atoms with E-state index in [9.17, 15) is 0 Å². The van der Waals surface area contributed by atoms with E-state index in [0.29, 0.717) is 23.9 Å². The summed E-state index contributed by atoms with van der Waals surface area (Å²) in [5, 5.41) is 3.61. The average molecular weight is 288 g/mol. The van der Waals surface area contributed by atoms with Crippen molar-refractivity contribution in [2.45, 2.75) is 83.0 Å². The van der Waals surface area contributed by atoms with Crippen LogP contribution >= 0.6 is 11.6 Å². The zero-order valence-electron chi connectivity index (χ0n) is 12.6. The second-order valence-electron chi connectivity index (χ2n) is 6.91. The number of halogens is 1. The monoisotopic (exact) mass is 287 g/mol. The van der Waals surface area contributed by atoms with Crippen LogP contribution in [0.3, 0.4) is 0 Å². The van der Waals surface area contributed by atoms with Crippen molar-refractivity contribution in [3.63, 3.8) is 0 Å². The molecule has 2 nitrogen and oxygen atoms in total. The first-order valence-corrected chi connectivity index (χ1v) is 8.64. The number of hydrogen-bond acceptors (Lipinski definition) is 2. The Kier molecular flexibility index (Phi) is 5.98. The van der Waals surface area contributed by atoms with Gasteiger partial charge < -0.3 is 10.1 Å². The Morgan fingerprint density at radius 1 is 1.21 bits per heavy atom. The molecule has 0 bridgehead atoms. The highest BCUT2D eigenvalue weighted by atomic mass is 35.5. The third kappa shape index (κ3) is 4.61. The van der Waals surface area contributed by atoms with E-state index in [1.54, 1.807) is 0 Å². The molecule has 1 saturated carbocycles. The van der Waals surface area contributed by atoms with Gasteiger partial charge in [-0.1, -0.05) is 33.1 Å². The summed E-state index contributed by atoms with van der Waals surface area (Å²) in [6.45, 7) is 5.49. The molecule has 2 atom stereocenters. The minimum Gasteiger partial charge on any atom is -0.370 e. The number of hydrogen-bond donors (Lipinski definition) is 1. The number of nitrogens with one attached hydrogen (secondary N) is 1. The molecule has 0 aromatic carbocycles.